The zero-order valence-electron chi connectivity index (χ0n) is 11.6. The zero-order valence-corrected chi connectivity index (χ0v) is 11.6. The van der Waals surface area contributed by atoms with Gasteiger partial charge in [-0.3, -0.25) is 9.59 Å². The van der Waals surface area contributed by atoms with Gasteiger partial charge in [-0.1, -0.05) is 25.0 Å². The van der Waals surface area contributed by atoms with Crippen LogP contribution >= 0.6 is 0 Å². The van der Waals surface area contributed by atoms with E-state index in [-0.39, 0.29) is 11.8 Å². The van der Waals surface area contributed by atoms with Crippen molar-refractivity contribution in [2.45, 2.75) is 38.0 Å². The third-order valence-electron chi connectivity index (χ3n) is 4.68. The van der Waals surface area contributed by atoms with E-state index in [9.17, 15) is 14.7 Å². The molecule has 0 aromatic heterocycles. The molecule has 1 aliphatic carbocycles. The lowest BCUT2D eigenvalue weighted by atomic mass is 9.84. The highest BCUT2D eigenvalue weighted by Crippen LogP contribution is 2.39. The predicted molar refractivity (Wildman–Crippen MR) is 75.9 cm³/mol. The lowest BCUT2D eigenvalue weighted by molar-refractivity contribution is -0.140. The Hall–Kier alpha value is -1.84. The quantitative estimate of drug-likeness (QED) is 0.920. The Bertz CT molecular complexity index is 561. The molecule has 1 unspecified atom stereocenters. The minimum Gasteiger partial charge on any atom is -0.481 e. The second-order valence-electron chi connectivity index (χ2n) is 5.88. The van der Waals surface area contributed by atoms with Crippen LogP contribution in [0.15, 0.2) is 18.2 Å². The van der Waals surface area contributed by atoms with Crippen LogP contribution in [0.4, 0.5) is 5.69 Å². The molecule has 106 valence electrons. The van der Waals surface area contributed by atoms with Gasteiger partial charge in [-0.15, -0.1) is 0 Å². The first-order valence-electron chi connectivity index (χ1n) is 7.20. The van der Waals surface area contributed by atoms with E-state index in [1.165, 1.54) is 0 Å². The molecule has 0 radical (unpaired) electrons. The molecule has 1 N–H and O–H groups in total. The number of amides is 1. The van der Waals surface area contributed by atoms with Gasteiger partial charge in [0, 0.05) is 12.7 Å². The summed E-state index contributed by atoms with van der Waals surface area (Å²) in [5.74, 6) is -0.858. The first-order valence-corrected chi connectivity index (χ1v) is 7.20. The molecule has 0 saturated heterocycles. The van der Waals surface area contributed by atoms with Crippen molar-refractivity contribution >= 4 is 17.6 Å². The molecule has 0 spiro atoms. The summed E-state index contributed by atoms with van der Waals surface area (Å²) in [5, 5.41) is 9.56. The second-order valence-corrected chi connectivity index (χ2v) is 5.88. The minimum atomic E-state index is -0.741. The summed E-state index contributed by atoms with van der Waals surface area (Å²) in [7, 11) is 1.76. The van der Waals surface area contributed by atoms with Crippen LogP contribution in [0.3, 0.4) is 0 Å². The normalized spacial score (nSPS) is 20.2. The zero-order chi connectivity index (χ0) is 14.3. The van der Waals surface area contributed by atoms with Crippen LogP contribution in [-0.4, -0.2) is 24.0 Å². The average molecular weight is 273 g/mol. The van der Waals surface area contributed by atoms with Crippen LogP contribution in [-0.2, 0) is 16.0 Å². The highest BCUT2D eigenvalue weighted by molar-refractivity contribution is 6.01. The van der Waals surface area contributed by atoms with Crippen molar-refractivity contribution in [2.24, 2.45) is 5.92 Å². The average Bonchev–Trinajstić information content (AvgIpc) is 3.00. The lowest BCUT2D eigenvalue weighted by Crippen LogP contribution is -2.20. The first-order chi connectivity index (χ1) is 9.58. The molecule has 4 heteroatoms. The number of fused-ring (bicyclic) bond motifs is 1. The van der Waals surface area contributed by atoms with Gasteiger partial charge in [-0.2, -0.15) is 0 Å². The molecule has 1 fully saturated rings. The lowest BCUT2D eigenvalue weighted by Gasteiger charge is -2.20. The van der Waals surface area contributed by atoms with Crippen molar-refractivity contribution in [3.05, 3.63) is 29.3 Å². The molecule has 1 saturated carbocycles. The first kappa shape index (κ1) is 13.2. The Labute approximate surface area is 118 Å². The van der Waals surface area contributed by atoms with Crippen molar-refractivity contribution in [3.8, 4) is 0 Å². The molecule has 1 aromatic carbocycles. The number of aliphatic carboxylic acids is 1. The number of likely N-dealkylation sites (N-methyl/N-ethyl adjacent to an activating group) is 1. The second kappa shape index (κ2) is 4.93. The van der Waals surface area contributed by atoms with E-state index in [1.807, 2.05) is 18.2 Å². The van der Waals surface area contributed by atoms with Crippen molar-refractivity contribution < 1.29 is 14.7 Å². The molecule has 20 heavy (non-hydrogen) atoms. The van der Waals surface area contributed by atoms with Gasteiger partial charge in [0.05, 0.1) is 12.3 Å². The Balaban J connectivity index is 1.95. The fraction of sp³-hybridized carbons (Fsp3) is 0.500. The van der Waals surface area contributed by atoms with Gasteiger partial charge in [-0.05, 0) is 36.0 Å². The van der Waals surface area contributed by atoms with Crippen LogP contribution < -0.4 is 4.90 Å². The van der Waals surface area contributed by atoms with Crippen LogP contribution in [0.1, 0.15) is 42.7 Å². The molecule has 1 aromatic rings. The van der Waals surface area contributed by atoms with E-state index in [0.717, 1.165) is 42.5 Å². The maximum Gasteiger partial charge on any atom is 0.311 e. The van der Waals surface area contributed by atoms with Crippen molar-refractivity contribution in [2.75, 3.05) is 11.9 Å². The highest BCUT2D eigenvalue weighted by Gasteiger charge is 2.33. The number of hydrogen-bond acceptors (Lipinski definition) is 2. The third-order valence-corrected chi connectivity index (χ3v) is 4.68. The van der Waals surface area contributed by atoms with Crippen LogP contribution in [0.5, 0.6) is 0 Å². The summed E-state index contributed by atoms with van der Waals surface area (Å²) in [5.41, 5.74) is 2.72. The number of rotatable bonds is 3. The smallest absolute Gasteiger partial charge is 0.311 e. The molecule has 3 rings (SSSR count). The fourth-order valence-electron chi connectivity index (χ4n) is 3.59. The molecule has 1 aliphatic heterocycles. The Morgan fingerprint density at radius 2 is 2.05 bits per heavy atom. The molecular formula is C16H19NO3. The highest BCUT2D eigenvalue weighted by atomic mass is 16.4. The van der Waals surface area contributed by atoms with Gasteiger partial charge in [0.15, 0.2) is 0 Å². The van der Waals surface area contributed by atoms with Gasteiger partial charge >= 0.3 is 5.97 Å². The van der Waals surface area contributed by atoms with E-state index in [0.29, 0.717) is 6.42 Å². The Morgan fingerprint density at radius 1 is 1.35 bits per heavy atom. The Kier molecular flexibility index (Phi) is 3.24. The van der Waals surface area contributed by atoms with E-state index in [2.05, 4.69) is 0 Å². The van der Waals surface area contributed by atoms with E-state index < -0.39 is 11.9 Å². The molecule has 1 amide bonds. The molecular weight excluding hydrogens is 254 g/mol. The maximum absolute atomic E-state index is 11.7. The molecule has 1 atom stereocenters. The van der Waals surface area contributed by atoms with Gasteiger partial charge in [0.1, 0.15) is 0 Å². The maximum atomic E-state index is 11.7. The number of carboxylic acid groups (broad SMARTS) is 1. The standard InChI is InChI=1S/C16H19NO3/c1-17-13-7-6-11(8-12(13)9-14(17)18)15(16(19)20)10-4-2-3-5-10/h6-8,10,15H,2-5,9H2,1H3,(H,19,20). The predicted octanol–water partition coefficient (Wildman–Crippen LogP) is 2.56. The third kappa shape index (κ3) is 2.09. The van der Waals surface area contributed by atoms with Crippen molar-refractivity contribution in [3.63, 3.8) is 0 Å². The van der Waals surface area contributed by atoms with Crippen LogP contribution in [0.2, 0.25) is 0 Å². The monoisotopic (exact) mass is 273 g/mol. The number of carbonyl (C=O) groups is 2. The summed E-state index contributed by atoms with van der Waals surface area (Å²) in [6.45, 7) is 0. The number of anilines is 1. The van der Waals surface area contributed by atoms with E-state index in [4.69, 9.17) is 0 Å². The topological polar surface area (TPSA) is 57.6 Å². The molecule has 0 bridgehead atoms. The summed E-state index contributed by atoms with van der Waals surface area (Å²) >= 11 is 0. The SMILES string of the molecule is CN1C(=O)Cc2cc(C(C(=O)O)C3CCCC3)ccc21. The minimum absolute atomic E-state index is 0.0740. The van der Waals surface area contributed by atoms with Crippen LogP contribution in [0.25, 0.3) is 0 Å². The number of carboxylic acids is 1. The number of nitrogens with zero attached hydrogens (tertiary/aromatic N) is 1. The van der Waals surface area contributed by atoms with E-state index in [1.54, 1.807) is 11.9 Å². The molecule has 4 nitrogen and oxygen atoms in total. The molecule has 1 heterocycles. The van der Waals surface area contributed by atoms with Crippen molar-refractivity contribution in [1.82, 2.24) is 0 Å². The number of carbonyl (C=O) groups excluding carboxylic acids is 1. The number of hydrogen-bond donors (Lipinski definition) is 1. The summed E-state index contributed by atoms with van der Waals surface area (Å²) < 4.78 is 0. The van der Waals surface area contributed by atoms with Crippen molar-refractivity contribution in [1.29, 1.82) is 0 Å². The van der Waals surface area contributed by atoms with Gasteiger partial charge in [0.25, 0.3) is 0 Å². The van der Waals surface area contributed by atoms with Gasteiger partial charge in [0.2, 0.25) is 5.91 Å². The summed E-state index contributed by atoms with van der Waals surface area (Å²) in [6, 6.07) is 5.69. The van der Waals surface area contributed by atoms with Gasteiger partial charge in [-0.25, -0.2) is 0 Å². The van der Waals surface area contributed by atoms with E-state index >= 15 is 0 Å². The summed E-state index contributed by atoms with van der Waals surface area (Å²) in [6.07, 6.45) is 4.62. The number of benzene rings is 1. The fourth-order valence-corrected chi connectivity index (χ4v) is 3.59. The largest absolute Gasteiger partial charge is 0.481 e. The Morgan fingerprint density at radius 3 is 2.70 bits per heavy atom. The summed E-state index contributed by atoms with van der Waals surface area (Å²) in [4.78, 5) is 25.0. The molecule has 2 aliphatic rings. The van der Waals surface area contributed by atoms with Gasteiger partial charge < -0.3 is 10.0 Å². The van der Waals surface area contributed by atoms with Crippen LogP contribution in [0, 0.1) is 5.92 Å².